The van der Waals surface area contributed by atoms with Crippen molar-refractivity contribution in [1.29, 1.82) is 0 Å². The molecule has 2 aromatic heterocycles. The Labute approximate surface area is 185 Å². The van der Waals surface area contributed by atoms with Gasteiger partial charge in [-0.2, -0.15) is 11.8 Å². The molecule has 0 saturated carbocycles. The molecule has 2 aromatic carbocycles. The zero-order valence-electron chi connectivity index (χ0n) is 17.7. The van der Waals surface area contributed by atoms with E-state index >= 15 is 0 Å². The number of thioether (sulfide) groups is 1. The number of rotatable bonds is 10. The summed E-state index contributed by atoms with van der Waals surface area (Å²) in [6.45, 7) is 3.05. The van der Waals surface area contributed by atoms with Crippen LogP contribution in [0.4, 0.5) is 5.82 Å². The molecule has 2 heterocycles. The first kappa shape index (κ1) is 21.1. The molecule has 0 atom stereocenters. The van der Waals surface area contributed by atoms with Crippen LogP contribution in [0.2, 0.25) is 0 Å². The Morgan fingerprint density at radius 1 is 0.968 bits per heavy atom. The maximum Gasteiger partial charge on any atom is 0.286 e. The van der Waals surface area contributed by atoms with Crippen molar-refractivity contribution in [2.75, 3.05) is 30.5 Å². The van der Waals surface area contributed by atoms with Crippen molar-refractivity contribution in [1.82, 2.24) is 20.2 Å². The van der Waals surface area contributed by atoms with Crippen LogP contribution in [0, 0.1) is 0 Å². The lowest BCUT2D eigenvalue weighted by molar-refractivity contribution is 0.415. The molecule has 8 heteroatoms. The number of para-hydroxylation sites is 1. The average molecular weight is 436 g/mol. The van der Waals surface area contributed by atoms with Gasteiger partial charge in [-0.05, 0) is 60.7 Å². The first-order valence-electron chi connectivity index (χ1n) is 10.3. The zero-order chi connectivity index (χ0) is 21.5. The van der Waals surface area contributed by atoms with E-state index in [2.05, 4.69) is 27.4 Å². The van der Waals surface area contributed by atoms with Crippen LogP contribution in [0.15, 0.2) is 52.9 Å². The second-order valence-electron chi connectivity index (χ2n) is 6.95. The van der Waals surface area contributed by atoms with Crippen LogP contribution < -0.4 is 10.1 Å². The number of hydrogen-bond donors (Lipinski definition) is 1. The van der Waals surface area contributed by atoms with E-state index in [1.807, 2.05) is 60.3 Å². The second-order valence-corrected chi connectivity index (χ2v) is 8.17. The summed E-state index contributed by atoms with van der Waals surface area (Å²) >= 11 is 1.98. The van der Waals surface area contributed by atoms with Crippen LogP contribution in [0.5, 0.6) is 5.75 Å². The summed E-state index contributed by atoms with van der Waals surface area (Å²) in [5.74, 6) is 5.00. The molecule has 0 spiro atoms. The summed E-state index contributed by atoms with van der Waals surface area (Å²) in [6, 6.07) is 15.4. The SMILES string of the molecule is CCCSCCCNc1nc(-c2nnc(-c3ccc(OC)cc3)o2)nc2ccccc12. The minimum absolute atomic E-state index is 0.290. The lowest BCUT2D eigenvalue weighted by atomic mass is 10.2. The van der Waals surface area contributed by atoms with E-state index in [1.54, 1.807) is 7.11 Å². The van der Waals surface area contributed by atoms with E-state index in [-0.39, 0.29) is 5.89 Å². The van der Waals surface area contributed by atoms with E-state index in [4.69, 9.17) is 14.1 Å². The number of benzene rings is 2. The molecular weight excluding hydrogens is 410 g/mol. The van der Waals surface area contributed by atoms with Crippen molar-refractivity contribution in [3.05, 3.63) is 48.5 Å². The van der Waals surface area contributed by atoms with Gasteiger partial charge >= 0.3 is 0 Å². The smallest absolute Gasteiger partial charge is 0.286 e. The van der Waals surface area contributed by atoms with Gasteiger partial charge in [0.15, 0.2) is 0 Å². The number of nitrogens with one attached hydrogen (secondary N) is 1. The molecular formula is C23H25N5O2S. The van der Waals surface area contributed by atoms with Gasteiger partial charge in [0.2, 0.25) is 11.7 Å². The van der Waals surface area contributed by atoms with E-state index in [9.17, 15) is 0 Å². The summed E-state index contributed by atoms with van der Waals surface area (Å²) in [4.78, 5) is 9.33. The molecule has 0 bridgehead atoms. The number of fused-ring (bicyclic) bond motifs is 1. The Morgan fingerprint density at radius 3 is 2.58 bits per heavy atom. The van der Waals surface area contributed by atoms with Crippen LogP contribution in [0.25, 0.3) is 34.1 Å². The first-order valence-corrected chi connectivity index (χ1v) is 11.5. The Balaban J connectivity index is 1.57. The normalized spacial score (nSPS) is 11.0. The third-order valence-electron chi connectivity index (χ3n) is 4.66. The molecule has 0 amide bonds. The van der Waals surface area contributed by atoms with Gasteiger partial charge in [0.05, 0.1) is 12.6 Å². The Hall–Kier alpha value is -3.13. The first-order chi connectivity index (χ1) is 15.3. The highest BCUT2D eigenvalue weighted by atomic mass is 32.2. The van der Waals surface area contributed by atoms with Gasteiger partial charge in [0, 0.05) is 17.5 Å². The topological polar surface area (TPSA) is 86.0 Å². The van der Waals surface area contributed by atoms with Crippen LogP contribution >= 0.6 is 11.8 Å². The minimum atomic E-state index is 0.290. The van der Waals surface area contributed by atoms with Crippen molar-refractivity contribution in [2.24, 2.45) is 0 Å². The van der Waals surface area contributed by atoms with Crippen LogP contribution in [-0.2, 0) is 0 Å². The van der Waals surface area contributed by atoms with Crippen LogP contribution in [-0.4, -0.2) is 45.3 Å². The van der Waals surface area contributed by atoms with Gasteiger partial charge < -0.3 is 14.5 Å². The van der Waals surface area contributed by atoms with Crippen molar-refractivity contribution in [3.63, 3.8) is 0 Å². The molecule has 0 aliphatic heterocycles. The summed E-state index contributed by atoms with van der Waals surface area (Å²) < 4.78 is 11.1. The molecule has 0 radical (unpaired) electrons. The monoisotopic (exact) mass is 435 g/mol. The number of aromatic nitrogens is 4. The predicted octanol–water partition coefficient (Wildman–Crippen LogP) is 5.30. The molecule has 0 unspecified atom stereocenters. The molecule has 0 saturated heterocycles. The van der Waals surface area contributed by atoms with Gasteiger partial charge in [-0.1, -0.05) is 19.1 Å². The van der Waals surface area contributed by atoms with Gasteiger partial charge in [-0.15, -0.1) is 10.2 Å². The Kier molecular flexibility index (Phi) is 6.99. The van der Waals surface area contributed by atoms with E-state index in [0.29, 0.717) is 11.7 Å². The zero-order valence-corrected chi connectivity index (χ0v) is 18.5. The standard InChI is InChI=1S/C23H25N5O2S/c1-3-14-31-15-6-13-24-20-18-7-4-5-8-19(18)25-21(26-20)23-28-27-22(30-23)16-9-11-17(29-2)12-10-16/h4-5,7-12H,3,6,13-15H2,1-2H3,(H,24,25,26). The van der Waals surface area contributed by atoms with E-state index < -0.39 is 0 Å². The summed E-state index contributed by atoms with van der Waals surface area (Å²) in [5.41, 5.74) is 1.64. The summed E-state index contributed by atoms with van der Waals surface area (Å²) in [5, 5.41) is 12.8. The number of methoxy groups -OCH3 is 1. The highest BCUT2D eigenvalue weighted by molar-refractivity contribution is 7.99. The Bertz CT molecular complexity index is 1130. The number of anilines is 1. The third kappa shape index (κ3) is 5.14. The quantitative estimate of drug-likeness (QED) is 0.336. The molecule has 160 valence electrons. The van der Waals surface area contributed by atoms with Crippen molar-refractivity contribution in [3.8, 4) is 28.9 Å². The Morgan fingerprint density at radius 2 is 1.77 bits per heavy atom. The summed E-state index contributed by atoms with van der Waals surface area (Å²) in [7, 11) is 1.63. The lowest BCUT2D eigenvalue weighted by Gasteiger charge is -2.09. The number of nitrogens with zero attached hydrogens (tertiary/aromatic N) is 4. The fourth-order valence-corrected chi connectivity index (χ4v) is 3.94. The third-order valence-corrected chi connectivity index (χ3v) is 5.94. The molecule has 0 aliphatic rings. The van der Waals surface area contributed by atoms with Crippen LogP contribution in [0.1, 0.15) is 19.8 Å². The maximum atomic E-state index is 5.88. The molecule has 0 fully saturated rings. The van der Waals surface area contributed by atoms with Crippen molar-refractivity contribution >= 4 is 28.5 Å². The predicted molar refractivity (Wildman–Crippen MR) is 126 cm³/mol. The molecule has 4 aromatic rings. The van der Waals surface area contributed by atoms with E-state index in [1.165, 1.54) is 12.2 Å². The number of ether oxygens (including phenoxy) is 1. The second kappa shape index (κ2) is 10.3. The molecule has 31 heavy (non-hydrogen) atoms. The van der Waals surface area contributed by atoms with Gasteiger partial charge in [0.25, 0.3) is 5.89 Å². The lowest BCUT2D eigenvalue weighted by Crippen LogP contribution is -2.06. The van der Waals surface area contributed by atoms with Crippen LogP contribution in [0.3, 0.4) is 0 Å². The fraction of sp³-hybridized carbons (Fsp3) is 0.304. The van der Waals surface area contributed by atoms with Crippen molar-refractivity contribution in [2.45, 2.75) is 19.8 Å². The highest BCUT2D eigenvalue weighted by Gasteiger charge is 2.16. The highest BCUT2D eigenvalue weighted by Crippen LogP contribution is 2.27. The van der Waals surface area contributed by atoms with E-state index in [0.717, 1.165) is 46.8 Å². The molecule has 1 N–H and O–H groups in total. The fourth-order valence-electron chi connectivity index (χ4n) is 3.10. The van der Waals surface area contributed by atoms with Gasteiger partial charge in [0.1, 0.15) is 11.6 Å². The maximum absolute atomic E-state index is 5.88. The van der Waals surface area contributed by atoms with Gasteiger partial charge in [-0.25, -0.2) is 9.97 Å². The molecule has 7 nitrogen and oxygen atoms in total. The molecule has 4 rings (SSSR count). The largest absolute Gasteiger partial charge is 0.497 e. The summed E-state index contributed by atoms with van der Waals surface area (Å²) in [6.07, 6.45) is 2.28. The minimum Gasteiger partial charge on any atom is -0.497 e. The average Bonchev–Trinajstić information content (AvgIpc) is 3.31. The molecule has 0 aliphatic carbocycles. The van der Waals surface area contributed by atoms with Crippen molar-refractivity contribution < 1.29 is 9.15 Å². The van der Waals surface area contributed by atoms with Gasteiger partial charge in [-0.3, -0.25) is 0 Å². The number of hydrogen-bond acceptors (Lipinski definition) is 8.